The van der Waals surface area contributed by atoms with Crippen molar-refractivity contribution >= 4 is 39.4 Å². The summed E-state index contributed by atoms with van der Waals surface area (Å²) < 4.78 is 5.69. The van der Waals surface area contributed by atoms with Gasteiger partial charge in [-0.1, -0.05) is 22.0 Å². The number of halogens is 1. The number of carboxylic acid groups (broad SMARTS) is 1. The molecule has 1 aromatic carbocycles. The fraction of sp³-hybridized carbons (Fsp3) is 0.438. The van der Waals surface area contributed by atoms with Crippen molar-refractivity contribution in [3.8, 4) is 0 Å². The fourth-order valence-electron chi connectivity index (χ4n) is 2.56. The van der Waals surface area contributed by atoms with Gasteiger partial charge in [-0.15, -0.1) is 0 Å². The first-order valence-corrected chi connectivity index (χ1v) is 8.29. The number of hydrogen-bond acceptors (Lipinski definition) is 4. The van der Waals surface area contributed by atoms with Crippen LogP contribution in [0.5, 0.6) is 0 Å². The second kappa shape index (κ2) is 8.25. The molecule has 1 aliphatic rings. The monoisotopic (exact) mass is 398 g/mol. The number of benzene rings is 1. The molecule has 0 saturated carbocycles. The average molecular weight is 399 g/mol. The summed E-state index contributed by atoms with van der Waals surface area (Å²) in [5, 5.41) is 11.6. The minimum atomic E-state index is -1.12. The van der Waals surface area contributed by atoms with Crippen molar-refractivity contribution in [2.45, 2.75) is 18.9 Å². The van der Waals surface area contributed by atoms with Gasteiger partial charge in [0.05, 0.1) is 5.92 Å². The Bertz CT molecular complexity index is 637. The van der Waals surface area contributed by atoms with E-state index in [1.165, 1.54) is 7.11 Å². The zero-order valence-electron chi connectivity index (χ0n) is 13.2. The van der Waals surface area contributed by atoms with Gasteiger partial charge in [-0.25, -0.2) is 4.79 Å². The predicted octanol–water partition coefficient (Wildman–Crippen LogP) is 1.41. The highest BCUT2D eigenvalue weighted by molar-refractivity contribution is 9.10. The summed E-state index contributed by atoms with van der Waals surface area (Å²) >= 11 is 3.35. The first-order valence-electron chi connectivity index (χ1n) is 7.50. The summed E-state index contributed by atoms with van der Waals surface area (Å²) in [6.45, 7) is 0.461. The van der Waals surface area contributed by atoms with Crippen molar-refractivity contribution in [2.75, 3.05) is 25.2 Å². The number of aliphatic carboxylic acids is 1. The maximum atomic E-state index is 12.3. The molecule has 24 heavy (non-hydrogen) atoms. The molecular formula is C16H19BrN2O5. The van der Waals surface area contributed by atoms with Crippen LogP contribution in [0.15, 0.2) is 28.7 Å². The molecule has 0 bridgehead atoms. The van der Waals surface area contributed by atoms with Crippen LogP contribution in [-0.2, 0) is 19.1 Å². The minimum absolute atomic E-state index is 0.0644. The van der Waals surface area contributed by atoms with E-state index in [1.807, 2.05) is 12.1 Å². The van der Waals surface area contributed by atoms with Gasteiger partial charge in [-0.3, -0.25) is 9.59 Å². The summed E-state index contributed by atoms with van der Waals surface area (Å²) in [6.07, 6.45) is 0.239. The highest BCUT2D eigenvalue weighted by Crippen LogP contribution is 2.27. The molecule has 2 rings (SSSR count). The molecule has 130 valence electrons. The smallest absolute Gasteiger partial charge is 0.326 e. The van der Waals surface area contributed by atoms with Gasteiger partial charge in [-0.2, -0.15) is 0 Å². The van der Waals surface area contributed by atoms with Gasteiger partial charge < -0.3 is 20.1 Å². The third-order valence-electron chi connectivity index (χ3n) is 3.84. The number of amides is 2. The fourth-order valence-corrected chi connectivity index (χ4v) is 2.95. The van der Waals surface area contributed by atoms with Crippen LogP contribution in [-0.4, -0.2) is 49.2 Å². The van der Waals surface area contributed by atoms with E-state index in [-0.39, 0.29) is 31.9 Å². The molecule has 1 aromatic rings. The highest BCUT2D eigenvalue weighted by Gasteiger charge is 2.36. The van der Waals surface area contributed by atoms with Gasteiger partial charge in [0.1, 0.15) is 6.04 Å². The van der Waals surface area contributed by atoms with E-state index in [9.17, 15) is 14.4 Å². The lowest BCUT2D eigenvalue weighted by Gasteiger charge is -2.18. The van der Waals surface area contributed by atoms with Crippen LogP contribution in [0.1, 0.15) is 12.8 Å². The van der Waals surface area contributed by atoms with Crippen molar-refractivity contribution in [3.05, 3.63) is 28.7 Å². The van der Waals surface area contributed by atoms with Gasteiger partial charge in [0, 0.05) is 43.3 Å². The quantitative estimate of drug-likeness (QED) is 0.723. The Kier molecular flexibility index (Phi) is 6.33. The van der Waals surface area contributed by atoms with E-state index < -0.39 is 23.8 Å². The first-order chi connectivity index (χ1) is 11.4. The Morgan fingerprint density at radius 2 is 2.25 bits per heavy atom. The topological polar surface area (TPSA) is 95.9 Å². The average Bonchev–Trinajstić information content (AvgIpc) is 2.93. The molecule has 0 radical (unpaired) electrons. The first kappa shape index (κ1) is 18.4. The van der Waals surface area contributed by atoms with E-state index in [2.05, 4.69) is 21.2 Å². The number of rotatable bonds is 7. The van der Waals surface area contributed by atoms with E-state index >= 15 is 0 Å². The lowest BCUT2D eigenvalue weighted by molar-refractivity contribution is -0.142. The molecule has 7 nitrogen and oxygen atoms in total. The zero-order chi connectivity index (χ0) is 17.7. The zero-order valence-corrected chi connectivity index (χ0v) is 14.8. The number of carbonyl (C=O) groups is 3. The van der Waals surface area contributed by atoms with Gasteiger partial charge >= 0.3 is 5.97 Å². The minimum Gasteiger partial charge on any atom is -0.480 e. The summed E-state index contributed by atoms with van der Waals surface area (Å²) in [7, 11) is 1.46. The Morgan fingerprint density at radius 3 is 2.88 bits per heavy atom. The summed E-state index contributed by atoms with van der Waals surface area (Å²) in [5.41, 5.74) is 0.707. The molecule has 0 aliphatic carbocycles. The second-order valence-corrected chi connectivity index (χ2v) is 6.48. The molecule has 8 heteroatoms. The summed E-state index contributed by atoms with van der Waals surface area (Å²) in [4.78, 5) is 37.2. The Labute approximate surface area is 148 Å². The number of anilines is 1. The van der Waals surface area contributed by atoms with E-state index in [0.29, 0.717) is 5.69 Å². The number of carbonyl (C=O) groups excluding carboxylic acids is 2. The Morgan fingerprint density at radius 1 is 1.50 bits per heavy atom. The SMILES string of the molecule is COCCC(NC(=O)C1CC(=O)N(c2cccc(Br)c2)C1)C(=O)O. The second-order valence-electron chi connectivity index (χ2n) is 5.57. The normalized spacial score (nSPS) is 18.5. The highest BCUT2D eigenvalue weighted by atomic mass is 79.9. The summed E-state index contributed by atoms with van der Waals surface area (Å²) in [5.74, 6) is -2.27. The maximum absolute atomic E-state index is 12.3. The molecule has 2 N–H and O–H groups in total. The number of ether oxygens (including phenoxy) is 1. The lowest BCUT2D eigenvalue weighted by Crippen LogP contribution is -2.44. The van der Waals surface area contributed by atoms with Crippen LogP contribution < -0.4 is 10.2 Å². The van der Waals surface area contributed by atoms with Crippen molar-refractivity contribution in [1.29, 1.82) is 0 Å². The van der Waals surface area contributed by atoms with Crippen LogP contribution in [0.3, 0.4) is 0 Å². The molecular weight excluding hydrogens is 380 g/mol. The van der Waals surface area contributed by atoms with E-state index in [1.54, 1.807) is 17.0 Å². The molecule has 2 amide bonds. The molecule has 0 spiro atoms. The van der Waals surface area contributed by atoms with Crippen LogP contribution >= 0.6 is 15.9 Å². The molecule has 1 heterocycles. The van der Waals surface area contributed by atoms with Crippen LogP contribution in [0, 0.1) is 5.92 Å². The van der Waals surface area contributed by atoms with E-state index in [0.717, 1.165) is 4.47 Å². The number of nitrogens with one attached hydrogen (secondary N) is 1. The number of carboxylic acids is 1. The lowest BCUT2D eigenvalue weighted by atomic mass is 10.1. The van der Waals surface area contributed by atoms with Gasteiger partial charge in [0.25, 0.3) is 0 Å². The third kappa shape index (κ3) is 4.55. The largest absolute Gasteiger partial charge is 0.480 e. The molecule has 1 fully saturated rings. The van der Waals surface area contributed by atoms with Gasteiger partial charge in [0.2, 0.25) is 11.8 Å². The molecule has 0 aromatic heterocycles. The molecule has 2 atom stereocenters. The van der Waals surface area contributed by atoms with Crippen molar-refractivity contribution < 1.29 is 24.2 Å². The third-order valence-corrected chi connectivity index (χ3v) is 4.33. The van der Waals surface area contributed by atoms with Crippen molar-refractivity contribution in [1.82, 2.24) is 5.32 Å². The Hall–Kier alpha value is -1.93. The number of methoxy groups -OCH3 is 1. The molecule has 1 aliphatic heterocycles. The number of hydrogen-bond donors (Lipinski definition) is 2. The van der Waals surface area contributed by atoms with Crippen LogP contribution in [0.25, 0.3) is 0 Å². The van der Waals surface area contributed by atoms with Gasteiger partial charge in [0.15, 0.2) is 0 Å². The standard InChI is InChI=1S/C16H19BrN2O5/c1-24-6-5-13(16(22)23)18-15(21)10-7-14(20)19(9-10)12-4-2-3-11(17)8-12/h2-4,8,10,13H,5-7,9H2,1H3,(H,18,21)(H,22,23). The van der Waals surface area contributed by atoms with Crippen molar-refractivity contribution in [2.24, 2.45) is 5.92 Å². The predicted molar refractivity (Wildman–Crippen MR) is 90.7 cm³/mol. The van der Waals surface area contributed by atoms with E-state index in [4.69, 9.17) is 9.84 Å². The van der Waals surface area contributed by atoms with Crippen LogP contribution in [0.4, 0.5) is 5.69 Å². The molecule has 1 saturated heterocycles. The number of nitrogens with zero attached hydrogens (tertiary/aromatic N) is 1. The maximum Gasteiger partial charge on any atom is 0.326 e. The van der Waals surface area contributed by atoms with Crippen molar-refractivity contribution in [3.63, 3.8) is 0 Å². The molecule has 2 unspecified atom stereocenters. The van der Waals surface area contributed by atoms with Crippen LogP contribution in [0.2, 0.25) is 0 Å². The summed E-state index contributed by atoms with van der Waals surface area (Å²) in [6, 6.07) is 6.23. The Balaban J connectivity index is 2.01. The van der Waals surface area contributed by atoms with Gasteiger partial charge in [-0.05, 0) is 18.2 Å².